The van der Waals surface area contributed by atoms with Crippen molar-refractivity contribution in [3.63, 3.8) is 0 Å². The van der Waals surface area contributed by atoms with E-state index in [1.54, 1.807) is 0 Å². The second kappa shape index (κ2) is 2.81. The van der Waals surface area contributed by atoms with Crippen LogP contribution in [0.15, 0.2) is 121 Å². The summed E-state index contributed by atoms with van der Waals surface area (Å²) in [6, 6.07) is 48.6. The summed E-state index contributed by atoms with van der Waals surface area (Å²) in [6.45, 7) is -3.74. The molecule has 10 saturated heterocycles. The third kappa shape index (κ3) is 0.451. The molecule has 14 rings (SSSR count). The first-order valence-corrected chi connectivity index (χ1v) is 26.0. The maximum atomic E-state index is 2.58. The van der Waals surface area contributed by atoms with Gasteiger partial charge in [0.1, 0.15) is 0 Å². The Labute approximate surface area is 217 Å². The van der Waals surface area contributed by atoms with E-state index in [9.17, 15) is 0 Å². The summed E-state index contributed by atoms with van der Waals surface area (Å²) < 4.78 is 9.04. The molecule has 4 aromatic carbocycles. The first kappa shape index (κ1) is 18.0. The molecule has 0 bridgehead atoms. The topological polar surface area (TPSA) is 0 Å². The van der Waals surface area contributed by atoms with Crippen LogP contribution in [0.4, 0.5) is 0 Å². The van der Waals surface area contributed by atoms with E-state index in [2.05, 4.69) is 121 Å². The van der Waals surface area contributed by atoms with Gasteiger partial charge in [0.25, 0.3) is 0 Å². The SMILES string of the molecule is c1ccc([As](c2ccccc2)[C]23[CH]4[CH]5[CH]6[CH]2[Fe]56432789[CH]3[CH]2[CH]7[C]8([As](c2ccccc2)c2ccccc2)[CH]39)cc1. The Hall–Kier alpha value is -1.48. The second-order valence-electron chi connectivity index (χ2n) is 15.7. The zero-order valence-electron chi connectivity index (χ0n) is 20.4. The average molecular weight is 642 g/mol. The third-order valence-corrected chi connectivity index (χ3v) is 91.8. The molecule has 37 heavy (non-hydrogen) atoms. The summed E-state index contributed by atoms with van der Waals surface area (Å²) in [7, 11) is 0. The fourth-order valence-corrected chi connectivity index (χ4v) is 160. The van der Waals surface area contributed by atoms with E-state index in [1.807, 2.05) is 17.4 Å². The normalized spacial score (nSPS) is 63.1. The van der Waals surface area contributed by atoms with Gasteiger partial charge in [-0.05, 0) is 0 Å². The molecule has 0 aromatic heterocycles. The zero-order chi connectivity index (χ0) is 23.5. The van der Waals surface area contributed by atoms with Crippen LogP contribution in [0.3, 0.4) is 0 Å². The van der Waals surface area contributed by atoms with Gasteiger partial charge in [-0.1, -0.05) is 0 Å². The predicted octanol–water partition coefficient (Wildman–Crippen LogP) is 5.81. The monoisotopic (exact) mass is 642 g/mol. The molecule has 10 fully saturated rings. The van der Waals surface area contributed by atoms with Gasteiger partial charge in [-0.2, -0.15) is 0 Å². The minimum atomic E-state index is -3.74. The summed E-state index contributed by atoms with van der Waals surface area (Å²) >= 11 is -2.79. The van der Waals surface area contributed by atoms with Gasteiger partial charge in [0.05, 0.1) is 0 Å². The summed E-state index contributed by atoms with van der Waals surface area (Å²) in [5, 5.41) is 0. The van der Waals surface area contributed by atoms with E-state index in [4.69, 9.17) is 0 Å². The number of benzene rings is 4. The van der Waals surface area contributed by atoms with Crippen molar-refractivity contribution in [2.24, 2.45) is 0 Å². The molecule has 8 atom stereocenters. The van der Waals surface area contributed by atoms with E-state index in [1.165, 1.54) is 38.5 Å². The summed E-state index contributed by atoms with van der Waals surface area (Å²) in [4.78, 5) is 10.5. The Morgan fingerprint density at radius 3 is 0.838 bits per heavy atom. The number of fused-ring (bicyclic) bond motifs is 10. The molecule has 1 spiro atoms. The molecule has 8 unspecified atom stereocenters. The Morgan fingerprint density at radius 2 is 0.622 bits per heavy atom. The molecule has 0 saturated carbocycles. The van der Waals surface area contributed by atoms with Gasteiger partial charge < -0.3 is 0 Å². The Kier molecular flexibility index (Phi) is 1.36. The van der Waals surface area contributed by atoms with Crippen LogP contribution in [0.2, 0.25) is 44.7 Å². The Morgan fingerprint density at radius 1 is 0.378 bits per heavy atom. The first-order chi connectivity index (χ1) is 18.1. The molecule has 10 heterocycles. The molecule has 0 N–H and O–H groups in total. The van der Waals surface area contributed by atoms with Crippen LogP contribution in [0.1, 0.15) is 0 Å². The van der Waals surface area contributed by atoms with Crippen LogP contribution in [-0.4, -0.2) is 29.3 Å². The van der Waals surface area contributed by atoms with Crippen LogP contribution in [0, 0.1) is 0 Å². The Bertz CT molecular complexity index is 1910. The standard InChI is InChI=1S/2C17H14As.Fe/c2*1-3-9-15(10-4-1)18(17-13-7-8-14-17)16-11-5-2-6-12-16;/h2*1-14H;. The fraction of sp³-hybridized carbons (Fsp3) is 0.294. The van der Waals surface area contributed by atoms with Gasteiger partial charge in [0.2, 0.25) is 0 Å². The van der Waals surface area contributed by atoms with E-state index >= 15 is 0 Å². The van der Waals surface area contributed by atoms with Crippen LogP contribution >= 0.6 is 0 Å². The maximum absolute atomic E-state index is 3.74. The molecule has 10 aliphatic rings. The van der Waals surface area contributed by atoms with Gasteiger partial charge in [-0.25, -0.2) is 0 Å². The van der Waals surface area contributed by atoms with Crippen molar-refractivity contribution < 1.29 is 6.51 Å². The molecule has 0 amide bonds. The molecular formula is C34H28As2Fe. The van der Waals surface area contributed by atoms with Gasteiger partial charge in [-0.15, -0.1) is 0 Å². The second-order valence-corrected chi connectivity index (χ2v) is 50.9. The van der Waals surface area contributed by atoms with Crippen molar-refractivity contribution in [2.45, 2.75) is 44.7 Å². The average Bonchev–Trinajstić information content (AvgIpc) is 3.92. The van der Waals surface area contributed by atoms with E-state index in [0.29, 0.717) is 0 Å². The number of hydrogen-bond acceptors (Lipinski definition) is 0. The number of hydrogen-bond donors (Lipinski definition) is 0. The molecular weight excluding hydrogens is 614 g/mol. The van der Waals surface area contributed by atoms with Crippen molar-refractivity contribution in [3.05, 3.63) is 121 Å². The minimum absolute atomic E-state index is 0.903. The van der Waals surface area contributed by atoms with Crippen LogP contribution in [-0.2, 0) is 6.51 Å². The number of rotatable bonds is 6. The van der Waals surface area contributed by atoms with Crippen molar-refractivity contribution in [1.29, 1.82) is 0 Å². The fourth-order valence-electron chi connectivity index (χ4n) is 20.9. The predicted molar refractivity (Wildman–Crippen MR) is 151 cm³/mol. The first-order valence-electron chi connectivity index (χ1n) is 14.1. The Balaban J connectivity index is 1.12. The van der Waals surface area contributed by atoms with E-state index < -0.39 is 35.8 Å². The summed E-state index contributed by atoms with van der Waals surface area (Å²) in [6.07, 6.45) is 0. The summed E-state index contributed by atoms with van der Waals surface area (Å²) in [5.41, 5.74) is 0. The molecule has 4 aromatic rings. The van der Waals surface area contributed by atoms with E-state index in [-0.39, 0.29) is 0 Å². The molecule has 0 aliphatic carbocycles. The van der Waals surface area contributed by atoms with Crippen LogP contribution in [0.5, 0.6) is 0 Å². The molecule has 10 aliphatic heterocycles. The van der Waals surface area contributed by atoms with Crippen LogP contribution < -0.4 is 17.4 Å². The van der Waals surface area contributed by atoms with Crippen molar-refractivity contribution in [1.82, 2.24) is 0 Å². The van der Waals surface area contributed by atoms with Crippen LogP contribution in [0.25, 0.3) is 0 Å². The van der Waals surface area contributed by atoms with Gasteiger partial charge in [0.15, 0.2) is 0 Å². The third-order valence-electron chi connectivity index (χ3n) is 19.4. The summed E-state index contributed by atoms with van der Waals surface area (Å²) in [5.74, 6) is 0. The van der Waals surface area contributed by atoms with Gasteiger partial charge in [-0.3, -0.25) is 0 Å². The van der Waals surface area contributed by atoms with E-state index in [0.717, 1.165) is 6.20 Å². The molecule has 0 radical (unpaired) electrons. The zero-order valence-corrected chi connectivity index (χ0v) is 25.3. The molecule has 182 valence electrons. The molecule has 3 heteroatoms. The van der Waals surface area contributed by atoms with Crippen molar-refractivity contribution >= 4 is 46.7 Å². The van der Waals surface area contributed by atoms with Gasteiger partial charge in [0, 0.05) is 0 Å². The quantitative estimate of drug-likeness (QED) is 0.233. The van der Waals surface area contributed by atoms with Gasteiger partial charge >= 0.3 is 219 Å². The molecule has 0 nitrogen and oxygen atoms in total. The van der Waals surface area contributed by atoms with Crippen molar-refractivity contribution in [3.8, 4) is 0 Å². The van der Waals surface area contributed by atoms with Crippen molar-refractivity contribution in [2.75, 3.05) is 0 Å².